The maximum atomic E-state index is 10.6. The lowest BCUT2D eigenvalue weighted by Gasteiger charge is -2.23. The molecule has 0 fully saturated rings. The van der Waals surface area contributed by atoms with Crippen LogP contribution in [0.15, 0.2) is 0 Å². The summed E-state index contributed by atoms with van der Waals surface area (Å²) < 4.78 is 0. The molecule has 0 aromatic rings. The minimum absolute atomic E-state index is 0. The first kappa shape index (κ1) is 26.0. The van der Waals surface area contributed by atoms with Crippen molar-refractivity contribution in [2.24, 2.45) is 0 Å². The van der Waals surface area contributed by atoms with Gasteiger partial charge in [-0.3, -0.25) is 29.0 Å². The van der Waals surface area contributed by atoms with Gasteiger partial charge < -0.3 is 20.4 Å². The van der Waals surface area contributed by atoms with Crippen LogP contribution in [0.1, 0.15) is 0 Å². The van der Waals surface area contributed by atoms with E-state index in [1.54, 1.807) is 0 Å². The second-order valence-electron chi connectivity index (χ2n) is 4.00. The Morgan fingerprint density at radius 3 is 0.909 bits per heavy atom. The summed E-state index contributed by atoms with van der Waals surface area (Å²) in [7, 11) is 0. The van der Waals surface area contributed by atoms with E-state index in [0.717, 1.165) is 9.80 Å². The van der Waals surface area contributed by atoms with Gasteiger partial charge >= 0.3 is 46.9 Å². The number of carboxylic acids is 4. The Labute approximate surface area is 153 Å². The second-order valence-corrected chi connectivity index (χ2v) is 4.00. The van der Waals surface area contributed by atoms with Gasteiger partial charge in [-0.25, -0.2) is 0 Å². The molecule has 0 aliphatic carbocycles. The number of carboxylic acid groups (broad SMARTS) is 4. The average Bonchev–Trinajstić information content (AvgIpc) is 2.22. The van der Waals surface area contributed by atoms with Crippen molar-refractivity contribution in [3.63, 3.8) is 0 Å². The molecule has 22 heavy (non-hydrogen) atoms. The minimum atomic E-state index is -1.23. The Balaban J connectivity index is -0.00000180. The average molecular weight is 349 g/mol. The summed E-state index contributed by atoms with van der Waals surface area (Å²) in [6.45, 7) is -2.25. The lowest BCUT2D eigenvalue weighted by atomic mass is 10.4. The van der Waals surface area contributed by atoms with E-state index in [1.165, 1.54) is 0 Å². The molecule has 0 rings (SSSR count). The molecule has 0 bridgehead atoms. The third-order valence-electron chi connectivity index (χ3n) is 2.17. The van der Waals surface area contributed by atoms with Crippen LogP contribution >= 0.6 is 0 Å². The van der Waals surface area contributed by atoms with Gasteiger partial charge in [-0.15, -0.1) is 0 Å². The Bertz CT molecular complexity index is 327. The van der Waals surface area contributed by atoms with Crippen LogP contribution in [0.4, 0.5) is 0 Å². The number of nitrogens with zero attached hydrogens (tertiary/aromatic N) is 2. The molecule has 0 aromatic carbocycles. The molecule has 12 heteroatoms. The van der Waals surface area contributed by atoms with Gasteiger partial charge in [-0.1, -0.05) is 0 Å². The van der Waals surface area contributed by atoms with Gasteiger partial charge in [0.25, 0.3) is 0 Å². The van der Waals surface area contributed by atoms with Crippen molar-refractivity contribution in [2.45, 2.75) is 0 Å². The smallest absolute Gasteiger partial charge is 0.317 e. The normalized spacial score (nSPS) is 9.73. The predicted octanol–water partition coefficient (Wildman–Crippen LogP) is -4.17. The highest BCUT2D eigenvalue weighted by atomic mass is 27.0. The molecule has 0 radical (unpaired) electrons. The van der Waals surface area contributed by atoms with Crippen molar-refractivity contribution in [1.29, 1.82) is 0 Å². The molecular weight excluding hydrogens is 327 g/mol. The molecule has 0 aliphatic heterocycles. The van der Waals surface area contributed by atoms with Crippen LogP contribution in [-0.2, 0) is 19.2 Å². The molecule has 0 aliphatic rings. The molecule has 0 heterocycles. The molecule has 0 saturated heterocycles. The molecule has 124 valence electrons. The van der Waals surface area contributed by atoms with Crippen molar-refractivity contribution in [3.05, 3.63) is 0 Å². The zero-order valence-corrected chi connectivity index (χ0v) is 10.6. The van der Waals surface area contributed by atoms with E-state index in [1.807, 2.05) is 0 Å². The van der Waals surface area contributed by atoms with Gasteiger partial charge in [0.05, 0.1) is 26.2 Å². The number of hydrogen-bond acceptors (Lipinski definition) is 6. The second kappa shape index (κ2) is 13.7. The summed E-state index contributed by atoms with van der Waals surface area (Å²) in [5, 5.41) is 34.5. The van der Waals surface area contributed by atoms with E-state index in [0.29, 0.717) is 0 Å². The predicted molar refractivity (Wildman–Crippen MR) is 81.9 cm³/mol. The van der Waals surface area contributed by atoms with Crippen molar-refractivity contribution in [1.82, 2.24) is 9.80 Å². The first-order chi connectivity index (χ1) is 9.20. The minimum Gasteiger partial charge on any atom is -0.480 e. The molecule has 0 spiro atoms. The summed E-state index contributed by atoms with van der Waals surface area (Å²) in [6.07, 6.45) is 0. The fraction of sp³-hybridized carbons (Fsp3) is 0.600. The summed E-state index contributed by atoms with van der Waals surface area (Å²) in [5.74, 6) is -4.91. The Hall–Kier alpha value is -0.901. The highest BCUT2D eigenvalue weighted by Gasteiger charge is 2.17. The molecule has 4 N–H and O–H groups in total. The maximum Gasteiger partial charge on any atom is 0.317 e. The summed E-state index contributed by atoms with van der Waals surface area (Å²) >= 11 is 0. The van der Waals surface area contributed by atoms with Crippen LogP contribution in [-0.4, -0.2) is 134 Å². The lowest BCUT2D eigenvalue weighted by Crippen LogP contribution is -2.43. The summed E-state index contributed by atoms with van der Waals surface area (Å²) in [5.41, 5.74) is 0. The SMILES string of the molecule is O=C(O)CN(CCN(CC(=O)O)CC(=O)O)CC(=O)O.[AlH3].[MgH2]. The van der Waals surface area contributed by atoms with Crippen LogP contribution in [0.5, 0.6) is 0 Å². The highest BCUT2D eigenvalue weighted by Crippen LogP contribution is 1.94. The largest absolute Gasteiger partial charge is 0.480 e. The van der Waals surface area contributed by atoms with Crippen molar-refractivity contribution in [3.8, 4) is 0 Å². The van der Waals surface area contributed by atoms with Crippen LogP contribution in [0.25, 0.3) is 0 Å². The van der Waals surface area contributed by atoms with E-state index in [-0.39, 0.29) is 53.5 Å². The highest BCUT2D eigenvalue weighted by molar-refractivity contribution is 5.76. The van der Waals surface area contributed by atoms with E-state index < -0.39 is 50.1 Å². The van der Waals surface area contributed by atoms with Crippen LogP contribution in [0, 0.1) is 0 Å². The van der Waals surface area contributed by atoms with Crippen molar-refractivity contribution in [2.75, 3.05) is 39.3 Å². The molecular formula is C10H21AlMgN2O8. The lowest BCUT2D eigenvalue weighted by molar-refractivity contribution is -0.145. The van der Waals surface area contributed by atoms with Crippen LogP contribution in [0.3, 0.4) is 0 Å². The number of rotatable bonds is 11. The molecule has 0 saturated carbocycles. The zero-order chi connectivity index (χ0) is 15.7. The molecule has 10 nitrogen and oxygen atoms in total. The van der Waals surface area contributed by atoms with Gasteiger partial charge in [0.15, 0.2) is 17.4 Å². The van der Waals surface area contributed by atoms with E-state index in [2.05, 4.69) is 0 Å². The monoisotopic (exact) mass is 348 g/mol. The molecule has 0 amide bonds. The number of carbonyl (C=O) groups is 4. The van der Waals surface area contributed by atoms with Crippen molar-refractivity contribution < 1.29 is 39.6 Å². The van der Waals surface area contributed by atoms with E-state index in [4.69, 9.17) is 20.4 Å². The molecule has 0 atom stereocenters. The molecule has 0 unspecified atom stereocenters. The number of hydrogen-bond donors (Lipinski definition) is 4. The fourth-order valence-corrected chi connectivity index (χ4v) is 1.48. The van der Waals surface area contributed by atoms with Crippen molar-refractivity contribution >= 4 is 64.3 Å². The Morgan fingerprint density at radius 2 is 0.773 bits per heavy atom. The third kappa shape index (κ3) is 15.5. The Kier molecular flexibility index (Phi) is 16.3. The van der Waals surface area contributed by atoms with E-state index >= 15 is 0 Å². The first-order valence-electron chi connectivity index (χ1n) is 5.52. The van der Waals surface area contributed by atoms with E-state index in [9.17, 15) is 19.2 Å². The summed E-state index contributed by atoms with van der Waals surface area (Å²) in [4.78, 5) is 44.4. The maximum absolute atomic E-state index is 10.6. The quantitative estimate of drug-likeness (QED) is 0.270. The van der Waals surface area contributed by atoms with Gasteiger partial charge in [-0.05, 0) is 0 Å². The molecule has 0 aromatic heterocycles. The first-order valence-corrected chi connectivity index (χ1v) is 5.52. The zero-order valence-electron chi connectivity index (χ0n) is 10.6. The topological polar surface area (TPSA) is 156 Å². The Morgan fingerprint density at radius 1 is 0.591 bits per heavy atom. The van der Waals surface area contributed by atoms with Gasteiger partial charge in [0.2, 0.25) is 0 Å². The summed E-state index contributed by atoms with van der Waals surface area (Å²) in [6, 6.07) is 0. The fourth-order valence-electron chi connectivity index (χ4n) is 1.48. The van der Waals surface area contributed by atoms with Crippen LogP contribution in [0.2, 0.25) is 0 Å². The van der Waals surface area contributed by atoms with Crippen LogP contribution < -0.4 is 0 Å². The van der Waals surface area contributed by atoms with Gasteiger partial charge in [0, 0.05) is 13.1 Å². The van der Waals surface area contributed by atoms with Gasteiger partial charge in [0.1, 0.15) is 0 Å². The number of aliphatic carboxylic acids is 4. The standard InChI is InChI=1S/C10H16N2O8.Al.Mg.5H/c13-7(14)3-11(4-8(15)16)1-2-12(5-9(17)18)6-10(19)20;;;;;;;/h1-6H2,(H,13,14)(H,15,16)(H,17,18)(H,19,20);;;;;;;. The van der Waals surface area contributed by atoms with Gasteiger partial charge in [-0.2, -0.15) is 0 Å². The third-order valence-corrected chi connectivity index (χ3v) is 2.17.